The summed E-state index contributed by atoms with van der Waals surface area (Å²) in [4.78, 5) is 18.6. The fourth-order valence-corrected chi connectivity index (χ4v) is 3.30. The van der Waals surface area contributed by atoms with Crippen LogP contribution < -0.4 is 14.4 Å². The van der Waals surface area contributed by atoms with Gasteiger partial charge in [-0.2, -0.15) is 17.6 Å². The molecule has 0 unspecified atom stereocenters. The Morgan fingerprint density at radius 1 is 0.824 bits per heavy atom. The smallest absolute Gasteiger partial charge is 0.387 e. The first-order valence-corrected chi connectivity index (χ1v) is 9.94. The van der Waals surface area contributed by atoms with Crippen LogP contribution in [0.4, 0.5) is 28.9 Å². The molecule has 174 valence electrons. The highest BCUT2D eigenvalue weighted by Crippen LogP contribution is 2.37. The number of alkyl halides is 4. The number of hydrogen-bond donors (Lipinski definition) is 0. The lowest BCUT2D eigenvalue weighted by atomic mass is 10.1. The van der Waals surface area contributed by atoms with Crippen molar-refractivity contribution in [2.24, 2.45) is 0 Å². The zero-order valence-corrected chi connectivity index (χ0v) is 17.4. The molecule has 4 aromatic rings. The number of amides is 1. The third kappa shape index (κ3) is 5.17. The minimum absolute atomic E-state index is 0.0971. The number of halogens is 4. The van der Waals surface area contributed by atoms with Crippen LogP contribution in [0.3, 0.4) is 0 Å². The Kier molecular flexibility index (Phi) is 6.77. The van der Waals surface area contributed by atoms with Crippen molar-refractivity contribution in [3.8, 4) is 17.2 Å². The molecule has 2 aromatic heterocycles. The van der Waals surface area contributed by atoms with Gasteiger partial charge in [0.2, 0.25) is 0 Å². The van der Waals surface area contributed by atoms with E-state index in [2.05, 4.69) is 14.5 Å². The van der Waals surface area contributed by atoms with Crippen LogP contribution in [0.25, 0.3) is 5.69 Å². The average molecular weight is 471 g/mol. The number of rotatable bonds is 8. The van der Waals surface area contributed by atoms with Crippen LogP contribution in [0, 0.1) is 0 Å². The lowest BCUT2D eigenvalue weighted by Gasteiger charge is -2.24. The van der Waals surface area contributed by atoms with Gasteiger partial charge in [0.05, 0.1) is 11.3 Å². The number of carbonyl (C=O) groups is 1. The van der Waals surface area contributed by atoms with E-state index in [0.717, 1.165) is 17.8 Å². The van der Waals surface area contributed by atoms with Crippen molar-refractivity contribution in [3.05, 3.63) is 97.1 Å². The Morgan fingerprint density at radius 2 is 1.47 bits per heavy atom. The van der Waals surface area contributed by atoms with Crippen LogP contribution in [-0.2, 0) is 0 Å². The Hall–Kier alpha value is -4.34. The normalized spacial score (nSPS) is 11.0. The second-order valence-corrected chi connectivity index (χ2v) is 6.88. The third-order valence-electron chi connectivity index (χ3n) is 4.74. The first-order chi connectivity index (χ1) is 16.4. The summed E-state index contributed by atoms with van der Waals surface area (Å²) in [6, 6.07) is 17.1. The van der Waals surface area contributed by atoms with Crippen molar-refractivity contribution >= 4 is 17.3 Å². The van der Waals surface area contributed by atoms with Gasteiger partial charge in [0, 0.05) is 42.2 Å². The van der Waals surface area contributed by atoms with Crippen molar-refractivity contribution in [1.29, 1.82) is 0 Å². The predicted molar refractivity (Wildman–Crippen MR) is 116 cm³/mol. The fourth-order valence-electron chi connectivity index (χ4n) is 3.30. The molecule has 34 heavy (non-hydrogen) atoms. The second kappa shape index (κ2) is 10.1. The van der Waals surface area contributed by atoms with E-state index < -0.39 is 30.6 Å². The zero-order chi connectivity index (χ0) is 24.1. The van der Waals surface area contributed by atoms with Gasteiger partial charge in [-0.3, -0.25) is 14.7 Å². The molecule has 4 rings (SSSR count). The van der Waals surface area contributed by atoms with Crippen molar-refractivity contribution < 1.29 is 31.8 Å². The Balaban J connectivity index is 1.79. The highest BCUT2D eigenvalue weighted by Gasteiger charge is 2.23. The van der Waals surface area contributed by atoms with E-state index in [4.69, 9.17) is 0 Å². The first-order valence-electron chi connectivity index (χ1n) is 9.94. The third-order valence-corrected chi connectivity index (χ3v) is 4.74. The first kappa shape index (κ1) is 22.8. The molecule has 0 aliphatic carbocycles. The number of pyridine rings is 1. The standard InChI is InChI=1S/C24H17F4N3O3/c25-23(26)33-20-10-9-19(14-21(20)34-24(27)28)31(22(32)16-4-3-11-29-15-16)18-7-5-17(6-8-18)30-12-1-2-13-30/h1-15,23-24H. The molecule has 0 saturated heterocycles. The second-order valence-electron chi connectivity index (χ2n) is 6.88. The number of aromatic nitrogens is 2. The molecule has 0 radical (unpaired) electrons. The van der Waals surface area contributed by atoms with Gasteiger partial charge >= 0.3 is 13.2 Å². The average Bonchev–Trinajstić information content (AvgIpc) is 3.36. The predicted octanol–water partition coefficient (Wildman–Crippen LogP) is 6.05. The summed E-state index contributed by atoms with van der Waals surface area (Å²) in [5, 5.41) is 0. The van der Waals surface area contributed by atoms with Crippen LogP contribution in [0.15, 0.2) is 91.5 Å². The SMILES string of the molecule is O=C(c1cccnc1)N(c1ccc(-n2cccc2)cc1)c1ccc(OC(F)F)c(OC(F)F)c1. The molecule has 0 saturated carbocycles. The summed E-state index contributed by atoms with van der Waals surface area (Å²) in [6.45, 7) is -6.54. The van der Waals surface area contributed by atoms with E-state index in [1.165, 1.54) is 23.4 Å². The number of hydrogen-bond acceptors (Lipinski definition) is 4. The van der Waals surface area contributed by atoms with Crippen molar-refractivity contribution in [2.45, 2.75) is 13.2 Å². The number of benzene rings is 2. The molecule has 10 heteroatoms. The molecule has 1 amide bonds. The maximum Gasteiger partial charge on any atom is 0.387 e. The molecule has 0 atom stereocenters. The van der Waals surface area contributed by atoms with Gasteiger partial charge in [0.1, 0.15) is 0 Å². The largest absolute Gasteiger partial charge is 0.431 e. The van der Waals surface area contributed by atoms with E-state index >= 15 is 0 Å². The maximum atomic E-state index is 13.4. The molecule has 0 aliphatic rings. The Labute approximate surface area is 191 Å². The van der Waals surface area contributed by atoms with Crippen LogP contribution >= 0.6 is 0 Å². The van der Waals surface area contributed by atoms with Gasteiger partial charge < -0.3 is 14.0 Å². The summed E-state index contributed by atoms with van der Waals surface area (Å²) < 4.78 is 61.9. The minimum Gasteiger partial charge on any atom is -0.431 e. The van der Waals surface area contributed by atoms with Gasteiger partial charge in [0.25, 0.3) is 5.91 Å². The number of nitrogens with zero attached hydrogens (tertiary/aromatic N) is 3. The summed E-state index contributed by atoms with van der Waals surface area (Å²) in [6.07, 6.45) is 6.55. The van der Waals surface area contributed by atoms with E-state index in [1.807, 2.05) is 29.1 Å². The fraction of sp³-hybridized carbons (Fsp3) is 0.0833. The lowest BCUT2D eigenvalue weighted by Crippen LogP contribution is -2.26. The van der Waals surface area contributed by atoms with Crippen molar-refractivity contribution in [2.75, 3.05) is 4.90 Å². The van der Waals surface area contributed by atoms with Crippen LogP contribution in [0.1, 0.15) is 10.4 Å². The van der Waals surface area contributed by atoms with Gasteiger partial charge in [-0.15, -0.1) is 0 Å². The zero-order valence-electron chi connectivity index (χ0n) is 17.4. The molecule has 0 spiro atoms. The van der Waals surface area contributed by atoms with Gasteiger partial charge in [0.15, 0.2) is 11.5 Å². The quantitative estimate of drug-likeness (QED) is 0.294. The van der Waals surface area contributed by atoms with E-state index in [1.54, 1.807) is 36.4 Å². The molecule has 2 aromatic carbocycles. The highest BCUT2D eigenvalue weighted by atomic mass is 19.3. The molecule has 0 bridgehead atoms. The number of carbonyl (C=O) groups excluding carboxylic acids is 1. The van der Waals surface area contributed by atoms with E-state index in [9.17, 15) is 22.4 Å². The molecule has 2 heterocycles. The van der Waals surface area contributed by atoms with Gasteiger partial charge in [-0.25, -0.2) is 0 Å². The Morgan fingerprint density at radius 3 is 2.09 bits per heavy atom. The molecule has 0 N–H and O–H groups in total. The summed E-state index contributed by atoms with van der Waals surface area (Å²) in [5.74, 6) is -1.75. The molecule has 6 nitrogen and oxygen atoms in total. The van der Waals surface area contributed by atoms with E-state index in [-0.39, 0.29) is 11.3 Å². The van der Waals surface area contributed by atoms with Crippen LogP contribution in [0.5, 0.6) is 11.5 Å². The van der Waals surface area contributed by atoms with Crippen LogP contribution in [0.2, 0.25) is 0 Å². The monoisotopic (exact) mass is 471 g/mol. The molecule has 0 fully saturated rings. The summed E-state index contributed by atoms with van der Waals surface area (Å²) in [7, 11) is 0. The summed E-state index contributed by atoms with van der Waals surface area (Å²) >= 11 is 0. The van der Waals surface area contributed by atoms with E-state index in [0.29, 0.717) is 5.69 Å². The molecule has 0 aliphatic heterocycles. The topological polar surface area (TPSA) is 56.6 Å². The van der Waals surface area contributed by atoms with Crippen molar-refractivity contribution in [3.63, 3.8) is 0 Å². The lowest BCUT2D eigenvalue weighted by molar-refractivity contribution is -0.0691. The minimum atomic E-state index is -3.29. The molecular formula is C24H17F4N3O3. The highest BCUT2D eigenvalue weighted by molar-refractivity contribution is 6.10. The van der Waals surface area contributed by atoms with Crippen LogP contribution in [-0.4, -0.2) is 28.7 Å². The Bertz CT molecular complexity index is 1230. The maximum absolute atomic E-state index is 13.4. The van der Waals surface area contributed by atoms with Gasteiger partial charge in [-0.1, -0.05) is 0 Å². The van der Waals surface area contributed by atoms with Gasteiger partial charge in [-0.05, 0) is 60.7 Å². The molecular weight excluding hydrogens is 454 g/mol. The number of anilines is 2. The number of ether oxygens (including phenoxy) is 2. The van der Waals surface area contributed by atoms with Crippen molar-refractivity contribution in [1.82, 2.24) is 9.55 Å². The summed E-state index contributed by atoms with van der Waals surface area (Å²) in [5.41, 5.74) is 1.54.